The van der Waals surface area contributed by atoms with Gasteiger partial charge >= 0.3 is 0 Å². The first-order valence-corrected chi connectivity index (χ1v) is 12.8. The summed E-state index contributed by atoms with van der Waals surface area (Å²) < 4.78 is 28.8. The van der Waals surface area contributed by atoms with Crippen LogP contribution in [-0.2, 0) is 22.3 Å². The van der Waals surface area contributed by atoms with Crippen LogP contribution in [0, 0.1) is 0 Å². The predicted octanol–water partition coefficient (Wildman–Crippen LogP) is 5.09. The molecule has 160 valence electrons. The molecular weight excluding hydrogens is 463 g/mol. The number of rotatable bonds is 10. The highest BCUT2D eigenvalue weighted by molar-refractivity contribution is 7.98. The van der Waals surface area contributed by atoms with Crippen LogP contribution in [0.1, 0.15) is 31.2 Å². The molecule has 0 aliphatic heterocycles. The third kappa shape index (κ3) is 6.21. The summed E-state index contributed by atoms with van der Waals surface area (Å²) >= 11 is 14.1. The van der Waals surface area contributed by atoms with Gasteiger partial charge < -0.3 is 0 Å². The first kappa shape index (κ1) is 23.1. The van der Waals surface area contributed by atoms with E-state index in [1.807, 2.05) is 37.3 Å². The van der Waals surface area contributed by atoms with E-state index in [0.29, 0.717) is 38.9 Å². The summed E-state index contributed by atoms with van der Waals surface area (Å²) in [5.74, 6) is 1.19. The maximum Gasteiger partial charge on any atom is 0.212 e. The molecule has 0 fully saturated rings. The Labute approximate surface area is 191 Å². The van der Waals surface area contributed by atoms with E-state index in [4.69, 9.17) is 23.2 Å². The summed E-state index contributed by atoms with van der Waals surface area (Å²) in [6.07, 6.45) is 1.40. The molecule has 0 saturated heterocycles. The van der Waals surface area contributed by atoms with Crippen LogP contribution >= 0.6 is 35.0 Å². The number of aromatic nitrogens is 3. The Morgan fingerprint density at radius 3 is 2.60 bits per heavy atom. The predicted molar refractivity (Wildman–Crippen MR) is 123 cm³/mol. The van der Waals surface area contributed by atoms with Gasteiger partial charge in [0, 0.05) is 10.8 Å². The van der Waals surface area contributed by atoms with E-state index in [9.17, 15) is 8.42 Å². The van der Waals surface area contributed by atoms with Crippen LogP contribution in [0.2, 0.25) is 10.0 Å². The molecule has 3 aromatic rings. The number of halogens is 2. The Hall–Kier alpha value is -1.58. The van der Waals surface area contributed by atoms with Crippen molar-refractivity contribution in [2.45, 2.75) is 37.2 Å². The molecule has 0 atom stereocenters. The van der Waals surface area contributed by atoms with Crippen molar-refractivity contribution >= 4 is 45.0 Å². The molecule has 3 rings (SSSR count). The van der Waals surface area contributed by atoms with Crippen LogP contribution in [0.3, 0.4) is 0 Å². The number of hydrogen-bond donors (Lipinski definition) is 1. The third-order valence-electron chi connectivity index (χ3n) is 4.28. The normalized spacial score (nSPS) is 11.7. The largest absolute Gasteiger partial charge is 0.271 e. The van der Waals surface area contributed by atoms with Crippen LogP contribution in [0.5, 0.6) is 0 Å². The number of nitrogens with one attached hydrogen (secondary N) is 1. The highest BCUT2D eigenvalue weighted by Gasteiger charge is 2.19. The maximum absolute atomic E-state index is 12.2. The lowest BCUT2D eigenvalue weighted by molar-refractivity contribution is 0.575. The third-order valence-corrected chi connectivity index (χ3v) is 7.24. The van der Waals surface area contributed by atoms with Crippen LogP contribution in [0.15, 0.2) is 53.7 Å². The van der Waals surface area contributed by atoms with Crippen molar-refractivity contribution < 1.29 is 8.42 Å². The first-order chi connectivity index (χ1) is 14.4. The van der Waals surface area contributed by atoms with Gasteiger partial charge in [0.2, 0.25) is 10.0 Å². The maximum atomic E-state index is 12.2. The fourth-order valence-electron chi connectivity index (χ4n) is 2.71. The summed E-state index contributed by atoms with van der Waals surface area (Å²) in [6, 6.07) is 15.1. The second-order valence-electron chi connectivity index (χ2n) is 6.60. The quantitative estimate of drug-likeness (QED) is 0.405. The van der Waals surface area contributed by atoms with Crippen molar-refractivity contribution in [3.8, 4) is 5.69 Å². The van der Waals surface area contributed by atoms with Gasteiger partial charge in [-0.2, -0.15) is 0 Å². The van der Waals surface area contributed by atoms with Crippen LogP contribution in [-0.4, -0.2) is 28.9 Å². The zero-order chi connectivity index (χ0) is 21.6. The fourth-order valence-corrected chi connectivity index (χ4v) is 5.16. The number of benzene rings is 2. The van der Waals surface area contributed by atoms with Crippen LogP contribution in [0.25, 0.3) is 5.69 Å². The van der Waals surface area contributed by atoms with E-state index in [0.717, 1.165) is 12.0 Å². The Bertz CT molecular complexity index is 1090. The topological polar surface area (TPSA) is 76.9 Å². The molecule has 0 bridgehead atoms. The molecule has 0 aliphatic rings. The smallest absolute Gasteiger partial charge is 0.212 e. The van der Waals surface area contributed by atoms with E-state index in [2.05, 4.69) is 14.9 Å². The number of thioether (sulfide) groups is 1. The summed E-state index contributed by atoms with van der Waals surface area (Å²) in [4.78, 5) is 0. The van der Waals surface area contributed by atoms with Crippen LogP contribution in [0.4, 0.5) is 0 Å². The van der Waals surface area contributed by atoms with Crippen molar-refractivity contribution in [1.29, 1.82) is 0 Å². The van der Waals surface area contributed by atoms with E-state index < -0.39 is 10.0 Å². The summed E-state index contributed by atoms with van der Waals surface area (Å²) in [6.45, 7) is 1.96. The number of nitrogens with zero attached hydrogens (tertiary/aromatic N) is 3. The van der Waals surface area contributed by atoms with Gasteiger partial charge in [-0.15, -0.1) is 10.2 Å². The zero-order valence-corrected chi connectivity index (χ0v) is 19.5. The summed E-state index contributed by atoms with van der Waals surface area (Å²) in [5, 5.41) is 10.1. The average Bonchev–Trinajstić information content (AvgIpc) is 3.14. The van der Waals surface area contributed by atoms with Crippen LogP contribution < -0.4 is 4.72 Å². The molecule has 1 heterocycles. The Kier molecular flexibility index (Phi) is 8.19. The lowest BCUT2D eigenvalue weighted by Crippen LogP contribution is -2.27. The minimum absolute atomic E-state index is 0.00773. The molecule has 30 heavy (non-hydrogen) atoms. The summed E-state index contributed by atoms with van der Waals surface area (Å²) in [7, 11) is -3.40. The second-order valence-corrected chi connectivity index (χ2v) is 10.3. The van der Waals surface area contributed by atoms with Gasteiger partial charge in [0.15, 0.2) is 11.0 Å². The van der Waals surface area contributed by atoms with Gasteiger partial charge in [-0.1, -0.05) is 78.6 Å². The minimum Gasteiger partial charge on any atom is -0.271 e. The molecule has 0 amide bonds. The van der Waals surface area contributed by atoms with Gasteiger partial charge in [0.1, 0.15) is 0 Å². The zero-order valence-electron chi connectivity index (χ0n) is 16.4. The highest BCUT2D eigenvalue weighted by Crippen LogP contribution is 2.30. The van der Waals surface area contributed by atoms with Crippen molar-refractivity contribution in [1.82, 2.24) is 19.5 Å². The molecule has 1 N–H and O–H groups in total. The molecule has 6 nitrogen and oxygen atoms in total. The molecule has 10 heteroatoms. The van der Waals surface area contributed by atoms with Gasteiger partial charge in [-0.3, -0.25) is 4.57 Å². The summed E-state index contributed by atoms with van der Waals surface area (Å²) in [5.41, 5.74) is 1.74. The van der Waals surface area contributed by atoms with E-state index in [1.54, 1.807) is 22.8 Å². The van der Waals surface area contributed by atoms with Gasteiger partial charge in [-0.25, -0.2) is 13.1 Å². The van der Waals surface area contributed by atoms with Crippen molar-refractivity contribution in [2.75, 3.05) is 5.75 Å². The fraction of sp³-hybridized carbons (Fsp3) is 0.300. The lowest BCUT2D eigenvalue weighted by Gasteiger charge is -2.13. The van der Waals surface area contributed by atoms with Gasteiger partial charge in [0.05, 0.1) is 23.0 Å². The van der Waals surface area contributed by atoms with E-state index >= 15 is 0 Å². The van der Waals surface area contributed by atoms with E-state index in [1.165, 1.54) is 11.8 Å². The molecular formula is C20H22Cl2N4O2S2. The second kappa shape index (κ2) is 10.6. The van der Waals surface area contributed by atoms with Crippen molar-refractivity contribution in [2.24, 2.45) is 0 Å². The molecule has 0 radical (unpaired) electrons. The Morgan fingerprint density at radius 2 is 1.87 bits per heavy atom. The molecule has 1 aromatic heterocycles. The Balaban J connectivity index is 1.90. The Morgan fingerprint density at radius 1 is 1.10 bits per heavy atom. The molecule has 0 saturated carbocycles. The SMILES string of the molecule is CCCCS(=O)(=O)NCc1nnc(SCc2ccccc2)n1-c1cc(Cl)ccc1Cl. The average molecular weight is 485 g/mol. The van der Waals surface area contributed by atoms with Gasteiger partial charge in [0.25, 0.3) is 0 Å². The van der Waals surface area contributed by atoms with Gasteiger partial charge in [-0.05, 0) is 30.2 Å². The number of unbranched alkanes of at least 4 members (excludes halogenated alkanes) is 1. The molecule has 0 unspecified atom stereocenters. The molecule has 0 aliphatic carbocycles. The highest BCUT2D eigenvalue weighted by atomic mass is 35.5. The standard InChI is InChI=1S/C20H22Cl2N4O2S2/c1-2-3-11-30(27,28)23-13-19-24-25-20(29-14-15-7-5-4-6-8-15)26(19)18-12-16(21)9-10-17(18)22/h4-10,12,23H,2-3,11,13-14H2,1H3. The number of sulfonamides is 1. The minimum atomic E-state index is -3.40. The molecule has 0 spiro atoms. The lowest BCUT2D eigenvalue weighted by atomic mass is 10.2. The van der Waals surface area contributed by atoms with E-state index in [-0.39, 0.29) is 12.3 Å². The van der Waals surface area contributed by atoms with Crippen molar-refractivity contribution in [3.63, 3.8) is 0 Å². The first-order valence-electron chi connectivity index (χ1n) is 9.43. The number of hydrogen-bond acceptors (Lipinski definition) is 5. The van der Waals surface area contributed by atoms with Crippen molar-refractivity contribution in [3.05, 3.63) is 70.0 Å². The molecule has 2 aromatic carbocycles. The monoisotopic (exact) mass is 484 g/mol.